The summed E-state index contributed by atoms with van der Waals surface area (Å²) < 4.78 is 28.0. The highest BCUT2D eigenvalue weighted by molar-refractivity contribution is 7.87. The molecule has 0 amide bonds. The van der Waals surface area contributed by atoms with Crippen molar-refractivity contribution < 1.29 is 8.42 Å². The van der Waals surface area contributed by atoms with E-state index in [1.54, 1.807) is 4.31 Å². The van der Waals surface area contributed by atoms with Gasteiger partial charge in [0.05, 0.1) is 0 Å². The monoisotopic (exact) mass is 268 g/mol. The van der Waals surface area contributed by atoms with Gasteiger partial charge >= 0.3 is 0 Å². The maximum Gasteiger partial charge on any atom is 0.279 e. The number of alkyl halides is 1. The molecule has 1 heterocycles. The lowest BCUT2D eigenvalue weighted by molar-refractivity contribution is 0.277. The Morgan fingerprint density at radius 3 is 2.81 bits per heavy atom. The molecule has 0 aliphatic carbocycles. The van der Waals surface area contributed by atoms with E-state index >= 15 is 0 Å². The summed E-state index contributed by atoms with van der Waals surface area (Å²) in [5.74, 6) is 1.09. The first-order chi connectivity index (χ1) is 7.45. The number of nitrogens with zero attached hydrogens (tertiary/aromatic N) is 1. The molecule has 0 aromatic rings. The molecule has 2 atom stereocenters. The molecule has 0 aromatic heterocycles. The molecule has 0 bridgehead atoms. The third-order valence-electron chi connectivity index (χ3n) is 2.84. The Bertz CT molecular complexity index is 308. The van der Waals surface area contributed by atoms with Crippen LogP contribution in [0.1, 0.15) is 26.7 Å². The number of nitrogens with one attached hydrogen (secondary N) is 1. The maximum atomic E-state index is 11.9. The van der Waals surface area contributed by atoms with Gasteiger partial charge in [0.2, 0.25) is 0 Å². The molecule has 1 fully saturated rings. The summed E-state index contributed by atoms with van der Waals surface area (Å²) in [7, 11) is -3.30. The summed E-state index contributed by atoms with van der Waals surface area (Å²) in [6.07, 6.45) is 2.07. The van der Waals surface area contributed by atoms with Crippen LogP contribution in [0, 0.1) is 11.8 Å². The lowest BCUT2D eigenvalue weighted by atomic mass is 10.0. The average molecular weight is 269 g/mol. The zero-order valence-corrected chi connectivity index (χ0v) is 11.5. The Morgan fingerprint density at radius 2 is 2.25 bits per heavy atom. The van der Waals surface area contributed by atoms with Gasteiger partial charge in [-0.1, -0.05) is 13.8 Å². The van der Waals surface area contributed by atoms with Crippen LogP contribution in [0.2, 0.25) is 0 Å². The normalized spacial score (nSPS) is 25.6. The Hall–Kier alpha value is 0.160. The van der Waals surface area contributed by atoms with Crippen LogP contribution in [-0.4, -0.2) is 38.2 Å². The molecule has 1 saturated heterocycles. The van der Waals surface area contributed by atoms with Crippen LogP contribution in [0.3, 0.4) is 0 Å². The molecule has 1 aliphatic rings. The maximum absolute atomic E-state index is 11.9. The molecule has 2 unspecified atom stereocenters. The Balaban J connectivity index is 2.49. The van der Waals surface area contributed by atoms with Crippen LogP contribution < -0.4 is 4.72 Å². The first-order valence-electron chi connectivity index (χ1n) is 5.76. The second-order valence-electron chi connectivity index (χ2n) is 4.72. The van der Waals surface area contributed by atoms with Gasteiger partial charge in [-0.25, -0.2) is 4.72 Å². The Morgan fingerprint density at radius 1 is 1.56 bits per heavy atom. The quantitative estimate of drug-likeness (QED) is 0.767. The van der Waals surface area contributed by atoms with E-state index in [1.807, 2.05) is 6.92 Å². The van der Waals surface area contributed by atoms with Crippen LogP contribution in [0.15, 0.2) is 0 Å². The fourth-order valence-corrected chi connectivity index (χ4v) is 3.37. The van der Waals surface area contributed by atoms with E-state index in [0.29, 0.717) is 31.4 Å². The first-order valence-corrected chi connectivity index (χ1v) is 7.74. The smallest absolute Gasteiger partial charge is 0.202 e. The van der Waals surface area contributed by atoms with Crippen molar-refractivity contribution in [2.75, 3.05) is 25.5 Å². The van der Waals surface area contributed by atoms with Crippen molar-refractivity contribution in [3.63, 3.8) is 0 Å². The van der Waals surface area contributed by atoms with Gasteiger partial charge in [-0.2, -0.15) is 12.7 Å². The van der Waals surface area contributed by atoms with Crippen molar-refractivity contribution in [2.24, 2.45) is 11.8 Å². The van der Waals surface area contributed by atoms with Gasteiger partial charge in [0.15, 0.2) is 0 Å². The molecule has 0 saturated carbocycles. The summed E-state index contributed by atoms with van der Waals surface area (Å²) in [6, 6.07) is 0. The molecule has 0 radical (unpaired) electrons. The highest BCUT2D eigenvalue weighted by atomic mass is 35.5. The van der Waals surface area contributed by atoms with Crippen LogP contribution >= 0.6 is 11.6 Å². The van der Waals surface area contributed by atoms with E-state index in [0.717, 1.165) is 12.8 Å². The minimum Gasteiger partial charge on any atom is -0.202 e. The third-order valence-corrected chi connectivity index (χ3v) is 4.91. The van der Waals surface area contributed by atoms with Gasteiger partial charge in [0.25, 0.3) is 10.2 Å². The third kappa shape index (κ3) is 4.20. The minimum absolute atomic E-state index is 0.165. The molecule has 0 aromatic carbocycles. The van der Waals surface area contributed by atoms with Crippen LogP contribution in [0.5, 0.6) is 0 Å². The largest absolute Gasteiger partial charge is 0.279 e. The van der Waals surface area contributed by atoms with E-state index in [-0.39, 0.29) is 5.92 Å². The minimum atomic E-state index is -3.30. The van der Waals surface area contributed by atoms with E-state index in [2.05, 4.69) is 11.6 Å². The fraction of sp³-hybridized carbons (Fsp3) is 1.00. The summed E-state index contributed by atoms with van der Waals surface area (Å²) >= 11 is 5.64. The Labute approximate surface area is 104 Å². The molecule has 16 heavy (non-hydrogen) atoms. The van der Waals surface area contributed by atoms with Gasteiger partial charge in [0, 0.05) is 25.5 Å². The molecule has 4 nitrogen and oxygen atoms in total. The van der Waals surface area contributed by atoms with Crippen LogP contribution in [-0.2, 0) is 10.2 Å². The highest BCUT2D eigenvalue weighted by Gasteiger charge is 2.26. The van der Waals surface area contributed by atoms with Gasteiger partial charge in [-0.3, -0.25) is 0 Å². The highest BCUT2D eigenvalue weighted by Crippen LogP contribution is 2.17. The molecule has 1 N–H and O–H groups in total. The van der Waals surface area contributed by atoms with Crippen molar-refractivity contribution in [1.82, 2.24) is 9.03 Å². The molecule has 1 aliphatic heterocycles. The second-order valence-corrected chi connectivity index (χ2v) is 6.78. The van der Waals surface area contributed by atoms with E-state index in [9.17, 15) is 8.42 Å². The van der Waals surface area contributed by atoms with Crippen molar-refractivity contribution >= 4 is 21.8 Å². The molecular formula is C10H21ClN2O2S. The second kappa shape index (κ2) is 6.19. The summed E-state index contributed by atoms with van der Waals surface area (Å²) in [4.78, 5) is 0. The van der Waals surface area contributed by atoms with E-state index < -0.39 is 10.2 Å². The van der Waals surface area contributed by atoms with Crippen LogP contribution in [0.25, 0.3) is 0 Å². The number of hydrogen-bond acceptors (Lipinski definition) is 2. The number of rotatable bonds is 5. The summed E-state index contributed by atoms with van der Waals surface area (Å²) in [5.41, 5.74) is 0. The zero-order valence-electron chi connectivity index (χ0n) is 9.95. The van der Waals surface area contributed by atoms with Crippen molar-refractivity contribution in [1.29, 1.82) is 0 Å². The van der Waals surface area contributed by atoms with E-state index in [4.69, 9.17) is 11.6 Å². The SMILES string of the molecule is CC(CCl)CNS(=O)(=O)N1CCCC(C)C1. The standard InChI is InChI=1S/C10H21ClN2O2S/c1-9-4-3-5-13(8-9)16(14,15)12-7-10(2)6-11/h9-10,12H,3-8H2,1-2H3. The van der Waals surface area contributed by atoms with Gasteiger partial charge in [0.1, 0.15) is 0 Å². The van der Waals surface area contributed by atoms with Gasteiger partial charge in [-0.15, -0.1) is 11.6 Å². The predicted molar refractivity (Wildman–Crippen MR) is 66.8 cm³/mol. The van der Waals surface area contributed by atoms with Crippen molar-refractivity contribution in [3.8, 4) is 0 Å². The fourth-order valence-electron chi connectivity index (χ4n) is 1.76. The lowest BCUT2D eigenvalue weighted by Crippen LogP contribution is -2.46. The first kappa shape index (κ1) is 14.2. The number of hydrogen-bond donors (Lipinski definition) is 1. The molecule has 96 valence electrons. The van der Waals surface area contributed by atoms with Gasteiger partial charge < -0.3 is 0 Å². The number of halogens is 1. The van der Waals surface area contributed by atoms with Crippen LogP contribution in [0.4, 0.5) is 0 Å². The average Bonchev–Trinajstić information content (AvgIpc) is 2.26. The molecular weight excluding hydrogens is 248 g/mol. The lowest BCUT2D eigenvalue weighted by Gasteiger charge is -2.30. The molecule has 0 spiro atoms. The van der Waals surface area contributed by atoms with Crippen molar-refractivity contribution in [3.05, 3.63) is 0 Å². The predicted octanol–water partition coefficient (Wildman–Crippen LogP) is 1.43. The zero-order chi connectivity index (χ0) is 12.2. The van der Waals surface area contributed by atoms with E-state index in [1.165, 1.54) is 0 Å². The number of piperidine rings is 1. The summed E-state index contributed by atoms with van der Waals surface area (Å²) in [6.45, 7) is 5.69. The topological polar surface area (TPSA) is 49.4 Å². The Kier molecular flexibility index (Phi) is 5.50. The van der Waals surface area contributed by atoms with Crippen molar-refractivity contribution in [2.45, 2.75) is 26.7 Å². The molecule has 6 heteroatoms. The van der Waals surface area contributed by atoms with Gasteiger partial charge in [-0.05, 0) is 24.7 Å². The molecule has 1 rings (SSSR count). The summed E-state index contributed by atoms with van der Waals surface area (Å²) in [5, 5.41) is 0.